The van der Waals surface area contributed by atoms with Gasteiger partial charge in [0.1, 0.15) is 12.2 Å². The van der Waals surface area contributed by atoms with Crippen LogP contribution in [0.15, 0.2) is 59.4 Å². The summed E-state index contributed by atoms with van der Waals surface area (Å²) in [5, 5.41) is 8.74. The van der Waals surface area contributed by atoms with Crippen molar-refractivity contribution in [2.75, 3.05) is 5.32 Å². The van der Waals surface area contributed by atoms with E-state index >= 15 is 0 Å². The van der Waals surface area contributed by atoms with Gasteiger partial charge >= 0.3 is 0 Å². The number of aromatic nitrogens is 3. The summed E-state index contributed by atoms with van der Waals surface area (Å²) in [5.41, 5.74) is 4.41. The third-order valence-corrected chi connectivity index (χ3v) is 5.35. The summed E-state index contributed by atoms with van der Waals surface area (Å²) in [7, 11) is 0. The number of nitrogens with zero attached hydrogens (tertiary/aromatic N) is 3. The normalized spacial score (nSPS) is 11.1. The molecule has 7 heteroatoms. The highest BCUT2D eigenvalue weighted by atomic mass is 35.5. The quantitative estimate of drug-likeness (QED) is 0.531. The third kappa shape index (κ3) is 3.62. The Morgan fingerprint density at radius 1 is 1.07 bits per heavy atom. The Morgan fingerprint density at radius 2 is 1.77 bits per heavy atom. The molecule has 2 aromatic heterocycles. The van der Waals surface area contributed by atoms with E-state index in [1.54, 1.807) is 35.0 Å². The Bertz CT molecular complexity index is 1320. The molecule has 1 amide bonds. The zero-order chi connectivity index (χ0) is 21.4. The second kappa shape index (κ2) is 7.80. The molecule has 0 aliphatic carbocycles. The van der Waals surface area contributed by atoms with Gasteiger partial charge in [-0.25, -0.2) is 4.68 Å². The highest BCUT2D eigenvalue weighted by Crippen LogP contribution is 2.24. The lowest BCUT2D eigenvalue weighted by Crippen LogP contribution is -2.29. The first-order valence-corrected chi connectivity index (χ1v) is 9.94. The lowest BCUT2D eigenvalue weighted by molar-refractivity contribution is -0.116. The highest BCUT2D eigenvalue weighted by Gasteiger charge is 2.19. The maximum absolute atomic E-state index is 12.9. The van der Waals surface area contributed by atoms with Crippen molar-refractivity contribution in [3.63, 3.8) is 0 Å². The number of rotatable bonds is 4. The summed E-state index contributed by atoms with van der Waals surface area (Å²) in [6.45, 7) is 5.64. The lowest BCUT2D eigenvalue weighted by atomic mass is 10.1. The van der Waals surface area contributed by atoms with Crippen molar-refractivity contribution in [3.8, 4) is 5.69 Å². The average molecular weight is 421 g/mol. The fourth-order valence-corrected chi connectivity index (χ4v) is 3.76. The minimum absolute atomic E-state index is 0.155. The van der Waals surface area contributed by atoms with Crippen LogP contribution >= 0.6 is 11.6 Å². The SMILES string of the molecule is Cc1ccc(-n2nc(C)c3c(C)cc(=O)n(CC(=O)Nc4ccccc4Cl)c32)cc1. The van der Waals surface area contributed by atoms with Crippen LogP contribution in [0.4, 0.5) is 5.69 Å². The largest absolute Gasteiger partial charge is 0.323 e. The van der Waals surface area contributed by atoms with Crippen LogP contribution in [0, 0.1) is 20.8 Å². The molecule has 0 aliphatic heterocycles. The van der Waals surface area contributed by atoms with Crippen LogP contribution in [0.3, 0.4) is 0 Å². The van der Waals surface area contributed by atoms with Crippen molar-refractivity contribution in [1.82, 2.24) is 14.3 Å². The Kier molecular flexibility index (Phi) is 5.18. The second-order valence-corrected chi connectivity index (χ2v) is 7.72. The molecule has 2 aromatic carbocycles. The van der Waals surface area contributed by atoms with Gasteiger partial charge in [-0.2, -0.15) is 5.10 Å². The molecule has 0 aliphatic rings. The number of hydrogen-bond acceptors (Lipinski definition) is 3. The number of nitrogens with one attached hydrogen (secondary N) is 1. The fraction of sp³-hybridized carbons (Fsp3) is 0.174. The van der Waals surface area contributed by atoms with Crippen molar-refractivity contribution in [3.05, 3.63) is 86.8 Å². The van der Waals surface area contributed by atoms with Crippen LogP contribution in [0.1, 0.15) is 16.8 Å². The number of fused-ring (bicyclic) bond motifs is 1. The first-order chi connectivity index (χ1) is 14.3. The van der Waals surface area contributed by atoms with Gasteiger partial charge < -0.3 is 5.32 Å². The summed E-state index contributed by atoms with van der Waals surface area (Å²) in [5.74, 6) is -0.343. The van der Waals surface area contributed by atoms with Crippen molar-refractivity contribution < 1.29 is 4.79 Å². The molecular formula is C23H21ClN4O2. The van der Waals surface area contributed by atoms with Gasteiger partial charge in [0.15, 0.2) is 0 Å². The van der Waals surface area contributed by atoms with E-state index in [4.69, 9.17) is 11.6 Å². The lowest BCUT2D eigenvalue weighted by Gasteiger charge is -2.13. The number of anilines is 1. The van der Waals surface area contributed by atoms with E-state index in [-0.39, 0.29) is 18.0 Å². The molecule has 152 valence electrons. The van der Waals surface area contributed by atoms with E-state index in [2.05, 4.69) is 10.4 Å². The molecule has 1 N–H and O–H groups in total. The number of hydrogen-bond donors (Lipinski definition) is 1. The zero-order valence-corrected chi connectivity index (χ0v) is 17.7. The van der Waals surface area contributed by atoms with Gasteiger partial charge in [0.25, 0.3) is 5.56 Å². The Morgan fingerprint density at radius 3 is 2.47 bits per heavy atom. The molecule has 0 bridgehead atoms. The number of carbonyl (C=O) groups is 1. The van der Waals surface area contributed by atoms with Crippen LogP contribution in [0.2, 0.25) is 5.02 Å². The zero-order valence-electron chi connectivity index (χ0n) is 16.9. The van der Waals surface area contributed by atoms with E-state index in [9.17, 15) is 9.59 Å². The van der Waals surface area contributed by atoms with Crippen molar-refractivity contribution >= 4 is 34.2 Å². The van der Waals surface area contributed by atoms with Gasteiger partial charge in [0.05, 0.1) is 22.1 Å². The molecule has 0 fully saturated rings. The summed E-state index contributed by atoms with van der Waals surface area (Å²) < 4.78 is 3.18. The molecule has 0 radical (unpaired) electrons. The molecule has 0 unspecified atom stereocenters. The summed E-state index contributed by atoms with van der Waals surface area (Å²) >= 11 is 6.14. The molecule has 4 rings (SSSR count). The average Bonchev–Trinajstić information content (AvgIpc) is 3.05. The number of halogens is 1. The monoisotopic (exact) mass is 420 g/mol. The number of para-hydroxylation sites is 1. The van der Waals surface area contributed by atoms with E-state index in [0.717, 1.165) is 27.9 Å². The first-order valence-electron chi connectivity index (χ1n) is 9.56. The molecule has 0 saturated heterocycles. The molecule has 4 aromatic rings. The van der Waals surface area contributed by atoms with E-state index in [1.807, 2.05) is 45.0 Å². The summed E-state index contributed by atoms with van der Waals surface area (Å²) in [4.78, 5) is 25.6. The van der Waals surface area contributed by atoms with Crippen LogP contribution in [-0.2, 0) is 11.3 Å². The van der Waals surface area contributed by atoms with Gasteiger partial charge in [0.2, 0.25) is 5.91 Å². The van der Waals surface area contributed by atoms with Crippen LogP contribution in [0.25, 0.3) is 16.7 Å². The van der Waals surface area contributed by atoms with Crippen molar-refractivity contribution in [2.24, 2.45) is 0 Å². The minimum atomic E-state index is -0.343. The van der Waals surface area contributed by atoms with Gasteiger partial charge in [-0.1, -0.05) is 41.4 Å². The molecule has 2 heterocycles. The van der Waals surface area contributed by atoms with Gasteiger partial charge in [0, 0.05) is 11.5 Å². The molecule has 0 saturated carbocycles. The first kappa shape index (κ1) is 19.9. The van der Waals surface area contributed by atoms with Crippen LogP contribution in [0.5, 0.6) is 0 Å². The predicted molar refractivity (Wildman–Crippen MR) is 120 cm³/mol. The molecule has 0 spiro atoms. The Balaban J connectivity index is 1.83. The van der Waals surface area contributed by atoms with Gasteiger partial charge in [-0.3, -0.25) is 14.2 Å². The fourth-order valence-electron chi connectivity index (χ4n) is 3.58. The Hall–Kier alpha value is -3.38. The third-order valence-electron chi connectivity index (χ3n) is 5.02. The molecule has 6 nitrogen and oxygen atoms in total. The van der Waals surface area contributed by atoms with Crippen LogP contribution < -0.4 is 10.9 Å². The number of pyridine rings is 1. The second-order valence-electron chi connectivity index (χ2n) is 7.31. The van der Waals surface area contributed by atoms with E-state index < -0.39 is 0 Å². The number of aryl methyl sites for hydroxylation is 3. The maximum Gasteiger partial charge on any atom is 0.252 e. The predicted octanol–water partition coefficient (Wildman–Crippen LogP) is 4.40. The highest BCUT2D eigenvalue weighted by molar-refractivity contribution is 6.33. The number of amides is 1. The van der Waals surface area contributed by atoms with E-state index in [1.165, 1.54) is 4.57 Å². The number of benzene rings is 2. The summed E-state index contributed by atoms with van der Waals surface area (Å²) in [6, 6.07) is 16.4. The molecule has 30 heavy (non-hydrogen) atoms. The van der Waals surface area contributed by atoms with Gasteiger partial charge in [-0.15, -0.1) is 0 Å². The van der Waals surface area contributed by atoms with Crippen molar-refractivity contribution in [1.29, 1.82) is 0 Å². The topological polar surface area (TPSA) is 68.9 Å². The molecular weight excluding hydrogens is 400 g/mol. The summed E-state index contributed by atoms with van der Waals surface area (Å²) in [6.07, 6.45) is 0. The smallest absolute Gasteiger partial charge is 0.252 e. The number of carbonyl (C=O) groups excluding carboxylic acids is 1. The molecule has 0 atom stereocenters. The maximum atomic E-state index is 12.9. The minimum Gasteiger partial charge on any atom is -0.323 e. The van der Waals surface area contributed by atoms with Gasteiger partial charge in [-0.05, 0) is 50.6 Å². The van der Waals surface area contributed by atoms with Crippen LogP contribution in [-0.4, -0.2) is 20.3 Å². The Labute approximate surface area is 178 Å². The standard InChI is InChI=1S/C23H21ClN4O2/c1-14-8-10-17(11-9-14)28-23-22(16(3)26-28)15(2)12-21(30)27(23)13-20(29)25-19-7-5-4-6-18(19)24/h4-12H,13H2,1-3H3,(H,25,29). The van der Waals surface area contributed by atoms with E-state index in [0.29, 0.717) is 16.4 Å². The van der Waals surface area contributed by atoms with Crippen molar-refractivity contribution in [2.45, 2.75) is 27.3 Å².